The van der Waals surface area contributed by atoms with Gasteiger partial charge in [-0.1, -0.05) is 206 Å². The molecule has 0 saturated carbocycles. The molecule has 0 spiro atoms. The van der Waals surface area contributed by atoms with E-state index in [1.807, 2.05) is 22.7 Å². The van der Waals surface area contributed by atoms with Gasteiger partial charge in [0, 0.05) is 36.6 Å². The average molecular weight is 888 g/mol. The molecule has 314 valence electrons. The van der Waals surface area contributed by atoms with Crippen molar-refractivity contribution in [1.29, 1.82) is 0 Å². The first-order valence-electron chi connectivity index (χ1n) is 22.8. The van der Waals surface area contributed by atoms with Crippen LogP contribution in [0.4, 0.5) is 17.1 Å². The SMILES string of the molecule is c1ccc(-c2c(-c3ccccc3)c(-c3ccccc3)c3cc(-c4ccc(N(c5cccc6c5sc5ccccc56)c5cccc6c5sc5ccccc56)cc4)ccc3c2-c2ccccc2)cc1. The standard InChI is InChI=1S/C64H41NS2/c1-5-19-43(20-6-1)59-51-40-37-47(41-54(51)60(44-21-7-2-8-22-44)62(46-25-11-4-12-26-46)61(59)45-23-9-3-10-24-45)42-35-38-48(39-36-42)65(55-31-17-29-52-49-27-13-15-33-57(49)66-63(52)55)56-32-18-30-53-50-28-14-16-34-58(50)67-64(53)56/h1-41H. The molecule has 0 aliphatic carbocycles. The van der Waals surface area contributed by atoms with Gasteiger partial charge in [-0.2, -0.15) is 0 Å². The van der Waals surface area contributed by atoms with Crippen molar-refractivity contribution in [2.24, 2.45) is 0 Å². The second-order valence-electron chi connectivity index (χ2n) is 17.1. The largest absolute Gasteiger partial charge is 0.308 e. The van der Waals surface area contributed by atoms with Crippen LogP contribution >= 0.6 is 22.7 Å². The molecular weight excluding hydrogens is 847 g/mol. The molecule has 67 heavy (non-hydrogen) atoms. The van der Waals surface area contributed by atoms with Crippen molar-refractivity contribution < 1.29 is 0 Å². The molecule has 0 saturated heterocycles. The van der Waals surface area contributed by atoms with E-state index in [0.717, 1.165) is 5.69 Å². The number of hydrogen-bond acceptors (Lipinski definition) is 3. The number of anilines is 3. The van der Waals surface area contributed by atoms with Crippen LogP contribution in [-0.4, -0.2) is 0 Å². The number of hydrogen-bond donors (Lipinski definition) is 0. The van der Waals surface area contributed by atoms with Gasteiger partial charge in [-0.3, -0.25) is 0 Å². The Bertz CT molecular complexity index is 3830. The molecule has 0 aliphatic rings. The monoisotopic (exact) mass is 887 g/mol. The van der Waals surface area contributed by atoms with Gasteiger partial charge < -0.3 is 4.90 Å². The highest BCUT2D eigenvalue weighted by atomic mass is 32.1. The maximum Gasteiger partial charge on any atom is 0.0640 e. The summed E-state index contributed by atoms with van der Waals surface area (Å²) < 4.78 is 5.17. The molecule has 2 aromatic heterocycles. The summed E-state index contributed by atoms with van der Waals surface area (Å²) in [7, 11) is 0. The zero-order valence-corrected chi connectivity index (χ0v) is 38.1. The number of benzene rings is 11. The molecule has 13 aromatic rings. The number of rotatable bonds is 8. The zero-order valence-electron chi connectivity index (χ0n) is 36.4. The Labute approximate surface area is 397 Å². The van der Waals surface area contributed by atoms with Crippen LogP contribution in [0.2, 0.25) is 0 Å². The molecule has 0 unspecified atom stereocenters. The first-order chi connectivity index (χ1) is 33.3. The van der Waals surface area contributed by atoms with Gasteiger partial charge >= 0.3 is 0 Å². The van der Waals surface area contributed by atoms with Crippen molar-refractivity contribution in [3.8, 4) is 55.6 Å². The predicted molar refractivity (Wildman–Crippen MR) is 292 cm³/mol. The summed E-state index contributed by atoms with van der Waals surface area (Å²) in [5.74, 6) is 0. The van der Waals surface area contributed by atoms with Crippen LogP contribution in [-0.2, 0) is 0 Å². The lowest BCUT2D eigenvalue weighted by Crippen LogP contribution is -2.10. The van der Waals surface area contributed by atoms with Gasteiger partial charge in [0.2, 0.25) is 0 Å². The summed E-state index contributed by atoms with van der Waals surface area (Å²) in [6.07, 6.45) is 0. The topological polar surface area (TPSA) is 3.24 Å². The maximum absolute atomic E-state index is 2.50. The highest BCUT2D eigenvalue weighted by Crippen LogP contribution is 2.53. The van der Waals surface area contributed by atoms with Gasteiger partial charge in [0.15, 0.2) is 0 Å². The minimum absolute atomic E-state index is 1.12. The van der Waals surface area contributed by atoms with Crippen LogP contribution in [0, 0.1) is 0 Å². The minimum Gasteiger partial charge on any atom is -0.308 e. The van der Waals surface area contributed by atoms with Gasteiger partial charge in [-0.05, 0) is 109 Å². The molecule has 0 bridgehead atoms. The predicted octanol–water partition coefficient (Wildman–Crippen LogP) is 19.4. The fourth-order valence-corrected chi connectivity index (χ4v) is 12.7. The summed E-state index contributed by atoms with van der Waals surface area (Å²) >= 11 is 3.75. The Balaban J connectivity index is 1.04. The first kappa shape index (κ1) is 39.3. The van der Waals surface area contributed by atoms with E-state index in [-0.39, 0.29) is 0 Å². The van der Waals surface area contributed by atoms with E-state index >= 15 is 0 Å². The Morgan fingerprint density at radius 1 is 0.239 bits per heavy atom. The number of nitrogens with zero attached hydrogens (tertiary/aromatic N) is 1. The molecule has 2 heterocycles. The van der Waals surface area contributed by atoms with Crippen molar-refractivity contribution in [2.75, 3.05) is 4.90 Å². The van der Waals surface area contributed by atoms with E-state index < -0.39 is 0 Å². The maximum atomic E-state index is 2.50. The van der Waals surface area contributed by atoms with Crippen LogP contribution in [0.3, 0.4) is 0 Å². The lowest BCUT2D eigenvalue weighted by Gasteiger charge is -2.27. The van der Waals surface area contributed by atoms with E-state index in [2.05, 4.69) is 254 Å². The first-order valence-corrected chi connectivity index (χ1v) is 24.5. The number of fused-ring (bicyclic) bond motifs is 7. The van der Waals surface area contributed by atoms with Crippen molar-refractivity contribution in [2.45, 2.75) is 0 Å². The molecule has 0 radical (unpaired) electrons. The summed E-state index contributed by atoms with van der Waals surface area (Å²) in [6, 6.07) is 91.4. The van der Waals surface area contributed by atoms with Crippen LogP contribution < -0.4 is 4.90 Å². The lowest BCUT2D eigenvalue weighted by atomic mass is 9.78. The normalized spacial score (nSPS) is 11.6. The van der Waals surface area contributed by atoms with E-state index in [0.29, 0.717) is 0 Å². The fraction of sp³-hybridized carbons (Fsp3) is 0. The average Bonchev–Trinajstić information content (AvgIpc) is 3.99. The highest BCUT2D eigenvalue weighted by Gasteiger charge is 2.25. The van der Waals surface area contributed by atoms with Gasteiger partial charge in [0.1, 0.15) is 0 Å². The second kappa shape index (κ2) is 16.4. The Hall–Kier alpha value is -8.08. The Morgan fingerprint density at radius 3 is 1.10 bits per heavy atom. The van der Waals surface area contributed by atoms with Gasteiger partial charge in [0.05, 0.1) is 20.8 Å². The lowest BCUT2D eigenvalue weighted by molar-refractivity contribution is 1.32. The minimum atomic E-state index is 1.12. The molecule has 0 aliphatic heterocycles. The van der Waals surface area contributed by atoms with Gasteiger partial charge in [-0.25, -0.2) is 0 Å². The summed E-state index contributed by atoms with van der Waals surface area (Å²) in [5.41, 5.74) is 15.6. The molecule has 11 aromatic carbocycles. The quantitative estimate of drug-likeness (QED) is 0.147. The van der Waals surface area contributed by atoms with E-state index in [4.69, 9.17) is 0 Å². The molecule has 0 atom stereocenters. The van der Waals surface area contributed by atoms with E-state index in [1.165, 1.54) is 118 Å². The number of thiophene rings is 2. The van der Waals surface area contributed by atoms with Crippen LogP contribution in [0.5, 0.6) is 0 Å². The summed E-state index contributed by atoms with van der Waals surface area (Å²) in [4.78, 5) is 2.50. The molecule has 3 heteroatoms. The van der Waals surface area contributed by atoms with Crippen LogP contribution in [0.15, 0.2) is 249 Å². The summed E-state index contributed by atoms with van der Waals surface area (Å²) in [6.45, 7) is 0. The third kappa shape index (κ3) is 6.66. The fourth-order valence-electron chi connectivity index (χ4n) is 10.3. The third-order valence-electron chi connectivity index (χ3n) is 13.3. The van der Waals surface area contributed by atoms with Crippen molar-refractivity contribution >= 4 is 90.9 Å². The summed E-state index contributed by atoms with van der Waals surface area (Å²) in [5, 5.41) is 7.62. The molecule has 1 nitrogen and oxygen atoms in total. The Morgan fingerprint density at radius 2 is 0.627 bits per heavy atom. The van der Waals surface area contributed by atoms with Crippen molar-refractivity contribution in [3.05, 3.63) is 249 Å². The molecule has 0 fully saturated rings. The van der Waals surface area contributed by atoms with Crippen LogP contribution in [0.1, 0.15) is 0 Å². The zero-order chi connectivity index (χ0) is 44.3. The smallest absolute Gasteiger partial charge is 0.0640 e. The molecule has 0 N–H and O–H groups in total. The van der Waals surface area contributed by atoms with E-state index in [1.54, 1.807) is 0 Å². The highest BCUT2D eigenvalue weighted by molar-refractivity contribution is 7.27. The molecule has 0 amide bonds. The molecule has 13 rings (SSSR count). The molecular formula is C64H41NS2. The Kier molecular flexibility index (Phi) is 9.63. The van der Waals surface area contributed by atoms with Gasteiger partial charge in [0.25, 0.3) is 0 Å². The van der Waals surface area contributed by atoms with E-state index in [9.17, 15) is 0 Å². The van der Waals surface area contributed by atoms with Gasteiger partial charge in [-0.15, -0.1) is 22.7 Å². The van der Waals surface area contributed by atoms with Crippen LogP contribution in [0.25, 0.3) is 107 Å². The second-order valence-corrected chi connectivity index (χ2v) is 19.2. The van der Waals surface area contributed by atoms with Crippen molar-refractivity contribution in [1.82, 2.24) is 0 Å². The third-order valence-corrected chi connectivity index (χ3v) is 15.7. The van der Waals surface area contributed by atoms with Crippen molar-refractivity contribution in [3.63, 3.8) is 0 Å².